The highest BCUT2D eigenvalue weighted by atomic mass is 31.2. The lowest BCUT2D eigenvalue weighted by Crippen LogP contribution is -2.47. The molecule has 0 aromatic carbocycles. The number of nitrogen functional groups attached to an aromatic ring is 2. The third-order valence-corrected chi connectivity index (χ3v) is 3.94. The van der Waals surface area contributed by atoms with Gasteiger partial charge < -0.3 is 26.2 Å². The van der Waals surface area contributed by atoms with Crippen molar-refractivity contribution >= 4 is 25.2 Å². The van der Waals surface area contributed by atoms with Crippen LogP contribution in [0.3, 0.4) is 0 Å². The summed E-state index contributed by atoms with van der Waals surface area (Å²) < 4.78 is 10.8. The van der Waals surface area contributed by atoms with Crippen LogP contribution in [0.1, 0.15) is 0 Å². The summed E-state index contributed by atoms with van der Waals surface area (Å²) >= 11 is 0. The Labute approximate surface area is 116 Å². The number of anilines is 3. The zero-order valence-corrected chi connectivity index (χ0v) is 11.9. The Morgan fingerprint density at radius 1 is 1.20 bits per heavy atom. The summed E-state index contributed by atoms with van der Waals surface area (Å²) in [6.45, 7) is 3.23. The molecular weight excluding hydrogens is 283 g/mol. The van der Waals surface area contributed by atoms with E-state index in [1.807, 2.05) is 9.80 Å². The zero-order valence-electron chi connectivity index (χ0n) is 11.0. The molecule has 0 bridgehead atoms. The van der Waals surface area contributed by atoms with Gasteiger partial charge in [-0.1, -0.05) is 0 Å². The normalized spacial score (nSPS) is 17.4. The highest BCUT2D eigenvalue weighted by Gasteiger charge is 2.21. The number of aromatic nitrogens is 2. The van der Waals surface area contributed by atoms with Crippen molar-refractivity contribution in [2.75, 3.05) is 55.3 Å². The lowest BCUT2D eigenvalue weighted by atomic mass is 10.3. The maximum absolute atomic E-state index is 10.8. The predicted octanol–water partition coefficient (Wildman–Crippen LogP) is -1.06. The van der Waals surface area contributed by atoms with Gasteiger partial charge in [0.1, 0.15) is 11.6 Å². The van der Waals surface area contributed by atoms with Crippen molar-refractivity contribution in [1.82, 2.24) is 14.9 Å². The van der Waals surface area contributed by atoms with Crippen LogP contribution in [-0.2, 0) is 4.57 Å². The fraction of sp³-hybridized carbons (Fsp3) is 0.600. The largest absolute Gasteiger partial charge is 0.383 e. The van der Waals surface area contributed by atoms with Gasteiger partial charge in [-0.25, -0.2) is 0 Å². The summed E-state index contributed by atoms with van der Waals surface area (Å²) in [6, 6.07) is 1.67. The Hall–Kier alpha value is -1.41. The average Bonchev–Trinajstić information content (AvgIpc) is 2.35. The van der Waals surface area contributed by atoms with E-state index in [0.29, 0.717) is 44.4 Å². The van der Waals surface area contributed by atoms with E-state index < -0.39 is 7.60 Å². The summed E-state index contributed by atoms with van der Waals surface area (Å²) in [6.07, 6.45) is -0.111. The molecule has 1 aromatic heterocycles. The van der Waals surface area contributed by atoms with Gasteiger partial charge in [-0.2, -0.15) is 9.97 Å². The van der Waals surface area contributed by atoms with E-state index in [0.717, 1.165) is 0 Å². The summed E-state index contributed by atoms with van der Waals surface area (Å²) in [7, 11) is -3.93. The van der Waals surface area contributed by atoms with Gasteiger partial charge in [0, 0.05) is 38.8 Å². The van der Waals surface area contributed by atoms with Crippen molar-refractivity contribution in [3.8, 4) is 0 Å². The van der Waals surface area contributed by atoms with E-state index in [2.05, 4.69) is 9.97 Å². The molecule has 112 valence electrons. The van der Waals surface area contributed by atoms with Gasteiger partial charge in [-0.15, -0.1) is 0 Å². The predicted molar refractivity (Wildman–Crippen MR) is 76.4 cm³/mol. The van der Waals surface area contributed by atoms with E-state index in [1.165, 1.54) is 0 Å². The SMILES string of the molecule is Nc1cc(N2CCN(CCP(=O)(O)O)CC2)nc(N)n1. The van der Waals surface area contributed by atoms with Gasteiger partial charge in [0.25, 0.3) is 0 Å². The molecule has 1 aliphatic heterocycles. The lowest BCUT2D eigenvalue weighted by molar-refractivity contribution is 0.264. The van der Waals surface area contributed by atoms with Crippen LogP contribution in [0.25, 0.3) is 0 Å². The topological polar surface area (TPSA) is 142 Å². The van der Waals surface area contributed by atoms with Crippen LogP contribution in [-0.4, -0.2) is 63.5 Å². The van der Waals surface area contributed by atoms with Gasteiger partial charge in [-0.3, -0.25) is 9.46 Å². The Morgan fingerprint density at radius 3 is 2.40 bits per heavy atom. The van der Waals surface area contributed by atoms with E-state index >= 15 is 0 Å². The maximum atomic E-state index is 10.8. The Bertz CT molecular complexity index is 493. The molecule has 0 amide bonds. The fourth-order valence-electron chi connectivity index (χ4n) is 2.11. The van der Waals surface area contributed by atoms with Crippen LogP contribution < -0.4 is 16.4 Å². The van der Waals surface area contributed by atoms with Gasteiger partial charge in [0.2, 0.25) is 5.95 Å². The first-order valence-electron chi connectivity index (χ1n) is 6.25. The summed E-state index contributed by atoms with van der Waals surface area (Å²) in [5, 5.41) is 0. The summed E-state index contributed by atoms with van der Waals surface area (Å²) in [5.74, 6) is 1.16. The fourth-order valence-corrected chi connectivity index (χ4v) is 2.65. The molecule has 6 N–H and O–H groups in total. The number of nitrogens with zero attached hydrogens (tertiary/aromatic N) is 4. The Balaban J connectivity index is 1.89. The standard InChI is InChI=1S/C10H19N6O3P/c11-8-7-9(14-10(12)13-8)16-3-1-15(2-4-16)5-6-20(17,18)19/h7H,1-6H2,(H2,17,18,19)(H4,11,12,13,14). The second-order valence-electron chi connectivity index (χ2n) is 4.73. The van der Waals surface area contributed by atoms with Gasteiger partial charge in [0.05, 0.1) is 6.16 Å². The minimum Gasteiger partial charge on any atom is -0.383 e. The van der Waals surface area contributed by atoms with Gasteiger partial charge >= 0.3 is 7.60 Å². The third-order valence-electron chi connectivity index (χ3n) is 3.15. The van der Waals surface area contributed by atoms with Crippen molar-refractivity contribution in [3.05, 3.63) is 6.07 Å². The highest BCUT2D eigenvalue weighted by molar-refractivity contribution is 7.51. The quantitative estimate of drug-likeness (QED) is 0.512. The molecule has 0 spiro atoms. The van der Waals surface area contributed by atoms with Crippen molar-refractivity contribution in [2.45, 2.75) is 0 Å². The van der Waals surface area contributed by atoms with Crippen molar-refractivity contribution in [1.29, 1.82) is 0 Å². The summed E-state index contributed by atoms with van der Waals surface area (Å²) in [5.41, 5.74) is 11.2. The monoisotopic (exact) mass is 302 g/mol. The average molecular weight is 302 g/mol. The molecule has 1 aliphatic rings. The van der Waals surface area contributed by atoms with Crippen LogP contribution in [0, 0.1) is 0 Å². The molecule has 0 aliphatic carbocycles. The van der Waals surface area contributed by atoms with Crippen LogP contribution in [0.2, 0.25) is 0 Å². The third kappa shape index (κ3) is 4.31. The number of hydrogen-bond acceptors (Lipinski definition) is 7. The molecule has 1 fully saturated rings. The number of nitrogens with two attached hydrogens (primary N) is 2. The molecule has 10 heteroatoms. The van der Waals surface area contributed by atoms with E-state index in [-0.39, 0.29) is 12.1 Å². The molecule has 2 rings (SSSR count). The molecule has 20 heavy (non-hydrogen) atoms. The summed E-state index contributed by atoms with van der Waals surface area (Å²) in [4.78, 5) is 29.7. The van der Waals surface area contributed by atoms with Crippen molar-refractivity contribution < 1.29 is 14.4 Å². The molecule has 1 saturated heterocycles. The van der Waals surface area contributed by atoms with Crippen LogP contribution in [0.15, 0.2) is 6.07 Å². The van der Waals surface area contributed by atoms with Gasteiger partial charge in [-0.05, 0) is 0 Å². The number of piperazine rings is 1. The smallest absolute Gasteiger partial charge is 0.326 e. The highest BCUT2D eigenvalue weighted by Crippen LogP contribution is 2.33. The Kier molecular flexibility index (Phi) is 4.44. The molecular formula is C10H19N6O3P. The minimum atomic E-state index is -3.93. The maximum Gasteiger partial charge on any atom is 0.326 e. The number of rotatable bonds is 4. The van der Waals surface area contributed by atoms with Crippen LogP contribution in [0.4, 0.5) is 17.6 Å². The van der Waals surface area contributed by atoms with Crippen LogP contribution in [0.5, 0.6) is 0 Å². The minimum absolute atomic E-state index is 0.111. The first-order valence-corrected chi connectivity index (χ1v) is 8.05. The lowest BCUT2D eigenvalue weighted by Gasteiger charge is -2.35. The Morgan fingerprint density at radius 2 is 1.85 bits per heavy atom. The van der Waals surface area contributed by atoms with E-state index in [4.69, 9.17) is 21.3 Å². The van der Waals surface area contributed by atoms with Crippen molar-refractivity contribution in [2.24, 2.45) is 0 Å². The van der Waals surface area contributed by atoms with Crippen molar-refractivity contribution in [3.63, 3.8) is 0 Å². The molecule has 1 aromatic rings. The zero-order chi connectivity index (χ0) is 14.8. The molecule has 0 radical (unpaired) electrons. The van der Waals surface area contributed by atoms with E-state index in [9.17, 15) is 4.57 Å². The molecule has 9 nitrogen and oxygen atoms in total. The first-order chi connectivity index (χ1) is 9.33. The molecule has 0 saturated carbocycles. The molecule has 0 unspecified atom stereocenters. The van der Waals surface area contributed by atoms with Crippen LogP contribution >= 0.6 is 7.60 Å². The van der Waals surface area contributed by atoms with E-state index in [1.54, 1.807) is 6.07 Å². The second-order valence-corrected chi connectivity index (χ2v) is 6.50. The van der Waals surface area contributed by atoms with Gasteiger partial charge in [0.15, 0.2) is 0 Å². The number of hydrogen-bond donors (Lipinski definition) is 4. The molecule has 2 heterocycles. The first kappa shape index (κ1) is 15.0. The second kappa shape index (κ2) is 5.92. The molecule has 0 atom stereocenters.